The van der Waals surface area contributed by atoms with Crippen molar-refractivity contribution in [3.05, 3.63) is 406 Å². The first kappa shape index (κ1) is 75.1. The van der Waals surface area contributed by atoms with E-state index in [9.17, 15) is 0 Å². The minimum atomic E-state index is 0.0469. The van der Waals surface area contributed by atoms with Crippen LogP contribution in [0.2, 0.25) is 0 Å². The van der Waals surface area contributed by atoms with Crippen LogP contribution in [-0.2, 0) is 0 Å². The van der Waals surface area contributed by atoms with Crippen LogP contribution in [0.1, 0.15) is 66.8 Å². The molecule has 0 atom stereocenters. The first-order valence-electron chi connectivity index (χ1n) is 41.2. The van der Waals surface area contributed by atoms with Gasteiger partial charge in [-0.3, -0.25) is 4.98 Å². The van der Waals surface area contributed by atoms with Crippen LogP contribution in [0.15, 0.2) is 340 Å². The number of hydrogen-bond acceptors (Lipinski definition) is 3. The van der Waals surface area contributed by atoms with Crippen LogP contribution < -0.4 is 49.3 Å². The smallest absolute Gasteiger partial charge is 0.261 e. The van der Waals surface area contributed by atoms with Gasteiger partial charge in [-0.05, 0) is 144 Å². The molecule has 0 bridgehead atoms. The SMILES string of the molecule is Cc1cccc(C)c1B(c1c(C)cccc1C)c1nc2ccccc2c2c1ccc1ccccc12.Cc1cccc(C)c1B(c1ccc(-c2nc3ccccc3c3c2ccc2ccccc23)cc1)c1c(C)cccc1C.Cc1cccc(C)c1B(c1cccc(-c2nc3ccccc3c3c2ccc2ccccc23)c1)c1c(C)cccc1C. The van der Waals surface area contributed by atoms with Crippen LogP contribution in [0.25, 0.3) is 120 Å². The Balaban J connectivity index is 0.000000122. The molecule has 0 spiro atoms. The minimum absolute atomic E-state index is 0.0469. The summed E-state index contributed by atoms with van der Waals surface area (Å²) in [6.45, 7) is 27.2. The lowest BCUT2D eigenvalue weighted by Gasteiger charge is -2.24. The zero-order valence-corrected chi connectivity index (χ0v) is 68.9. The van der Waals surface area contributed by atoms with Crippen LogP contribution in [-0.4, -0.2) is 35.1 Å². The molecule has 0 fully saturated rings. The first-order chi connectivity index (χ1) is 57.1. The molecular formula is C111H92B3N3. The fraction of sp³-hybridized carbons (Fsp3) is 0.108. The maximum atomic E-state index is 5.43. The second-order valence-electron chi connectivity index (χ2n) is 32.5. The van der Waals surface area contributed by atoms with Crippen molar-refractivity contribution in [3.8, 4) is 22.5 Å². The van der Waals surface area contributed by atoms with Crippen molar-refractivity contribution in [2.75, 3.05) is 0 Å². The van der Waals surface area contributed by atoms with E-state index in [-0.39, 0.29) is 20.1 Å². The third kappa shape index (κ3) is 13.7. The van der Waals surface area contributed by atoms with Gasteiger partial charge in [0.1, 0.15) is 0 Å². The predicted molar refractivity (Wildman–Crippen MR) is 511 cm³/mol. The van der Waals surface area contributed by atoms with Crippen LogP contribution in [0.3, 0.4) is 0 Å². The Hall–Kier alpha value is -13.3. The van der Waals surface area contributed by atoms with Gasteiger partial charge < -0.3 is 0 Å². The lowest BCUT2D eigenvalue weighted by molar-refractivity contribution is 1.40. The summed E-state index contributed by atoms with van der Waals surface area (Å²) in [6.07, 6.45) is 0. The highest BCUT2D eigenvalue weighted by Gasteiger charge is 2.34. The van der Waals surface area contributed by atoms with Gasteiger partial charge in [-0.2, -0.15) is 0 Å². The Morgan fingerprint density at radius 2 is 0.453 bits per heavy atom. The van der Waals surface area contributed by atoms with Gasteiger partial charge in [0, 0.05) is 54.4 Å². The molecule has 20 rings (SSSR count). The predicted octanol–water partition coefficient (Wildman–Crippen LogP) is 22.2. The first-order valence-corrected chi connectivity index (χ1v) is 41.2. The molecule has 3 nitrogen and oxygen atoms in total. The summed E-state index contributed by atoms with van der Waals surface area (Å²) in [5.41, 5.74) is 35.3. The number of fused-ring (bicyclic) bond motifs is 15. The lowest BCUT2D eigenvalue weighted by Crippen LogP contribution is -2.57. The molecule has 0 N–H and O–H groups in total. The molecule has 0 radical (unpaired) electrons. The number of para-hydroxylation sites is 3. The Bertz CT molecular complexity index is 7000. The number of nitrogens with zero attached hydrogens (tertiary/aromatic N) is 3. The average molecular weight is 1500 g/mol. The molecule has 0 aliphatic carbocycles. The van der Waals surface area contributed by atoms with E-state index >= 15 is 0 Å². The highest BCUT2D eigenvalue weighted by atomic mass is 14.7. The van der Waals surface area contributed by atoms with Gasteiger partial charge in [0.05, 0.1) is 27.9 Å². The Morgan fingerprint density at radius 3 is 0.812 bits per heavy atom. The van der Waals surface area contributed by atoms with E-state index in [0.717, 1.165) is 44.7 Å². The molecule has 560 valence electrons. The van der Waals surface area contributed by atoms with Gasteiger partial charge in [-0.25, -0.2) is 9.97 Å². The van der Waals surface area contributed by atoms with E-state index in [1.54, 1.807) is 0 Å². The number of pyridine rings is 3. The topological polar surface area (TPSA) is 38.7 Å². The summed E-state index contributed by atoms with van der Waals surface area (Å²) in [6, 6.07) is 123. The number of rotatable bonds is 11. The van der Waals surface area contributed by atoms with Gasteiger partial charge in [0.25, 0.3) is 6.71 Å². The summed E-state index contributed by atoms with van der Waals surface area (Å²) < 4.78 is 0. The summed E-state index contributed by atoms with van der Waals surface area (Å²) >= 11 is 0. The van der Waals surface area contributed by atoms with Crippen LogP contribution in [0.4, 0.5) is 0 Å². The molecule has 0 unspecified atom stereocenters. The van der Waals surface area contributed by atoms with Crippen molar-refractivity contribution in [2.45, 2.75) is 83.1 Å². The Labute approximate surface area is 689 Å². The summed E-state index contributed by atoms with van der Waals surface area (Å²) in [5, 5.41) is 18.7. The normalized spacial score (nSPS) is 11.4. The second-order valence-corrected chi connectivity index (χ2v) is 32.5. The third-order valence-corrected chi connectivity index (χ3v) is 25.1. The van der Waals surface area contributed by atoms with Crippen molar-refractivity contribution in [2.24, 2.45) is 0 Å². The van der Waals surface area contributed by atoms with Gasteiger partial charge in [-0.1, -0.05) is 432 Å². The van der Waals surface area contributed by atoms with Crippen molar-refractivity contribution in [1.82, 2.24) is 15.0 Å². The summed E-state index contributed by atoms with van der Waals surface area (Å²) in [4.78, 5) is 16.0. The Morgan fingerprint density at radius 1 is 0.179 bits per heavy atom. The van der Waals surface area contributed by atoms with E-state index in [0.29, 0.717) is 0 Å². The summed E-state index contributed by atoms with van der Waals surface area (Å²) in [5.74, 6) is 0. The van der Waals surface area contributed by atoms with E-state index in [1.165, 1.54) is 191 Å². The molecule has 0 aliphatic heterocycles. The van der Waals surface area contributed by atoms with E-state index < -0.39 is 0 Å². The average Bonchev–Trinajstić information content (AvgIpc) is 0.732. The van der Waals surface area contributed by atoms with Crippen LogP contribution in [0.5, 0.6) is 0 Å². The van der Waals surface area contributed by atoms with Gasteiger partial charge in [0.2, 0.25) is 13.4 Å². The quantitative estimate of drug-likeness (QED) is 0.0957. The Kier molecular flexibility index (Phi) is 20.2. The molecule has 0 aliphatic rings. The van der Waals surface area contributed by atoms with Crippen molar-refractivity contribution >= 4 is 167 Å². The van der Waals surface area contributed by atoms with Crippen LogP contribution >= 0.6 is 0 Å². The maximum absolute atomic E-state index is 5.43. The second kappa shape index (κ2) is 31.5. The zero-order chi connectivity index (χ0) is 80.3. The van der Waals surface area contributed by atoms with Crippen LogP contribution in [0, 0.1) is 83.1 Å². The molecule has 3 heterocycles. The highest BCUT2D eigenvalue weighted by Crippen LogP contribution is 2.40. The van der Waals surface area contributed by atoms with Crippen molar-refractivity contribution in [3.63, 3.8) is 0 Å². The zero-order valence-electron chi connectivity index (χ0n) is 68.9. The van der Waals surface area contributed by atoms with Gasteiger partial charge in [-0.15, -0.1) is 0 Å². The third-order valence-electron chi connectivity index (χ3n) is 25.1. The van der Waals surface area contributed by atoms with Crippen molar-refractivity contribution in [1.29, 1.82) is 0 Å². The fourth-order valence-corrected chi connectivity index (χ4v) is 19.6. The fourth-order valence-electron chi connectivity index (χ4n) is 19.6. The highest BCUT2D eigenvalue weighted by molar-refractivity contribution is 6.98. The van der Waals surface area contributed by atoms with E-state index in [1.807, 2.05) is 0 Å². The van der Waals surface area contributed by atoms with E-state index in [2.05, 4.69) is 423 Å². The number of hydrogen-bond donors (Lipinski definition) is 0. The standard InChI is InChI=1S/2C39H32BN.C33H28BN/c1-25-12-9-13-26(2)37(25)40(38-27(3)14-10-15-28(38)4)31-18-11-17-30(24-31)39-34-23-22-29-16-5-6-19-32(29)36(34)33-20-7-8-21-35(33)41-39;1-25-11-9-12-26(2)37(25)40(38-27(3)13-10-14-28(38)4)31-22-19-30(20-23-31)39-34-24-21-29-15-5-6-16-32(29)36(34)33-17-7-8-18-35(33)41-39;1-21-11-9-12-22(2)31(21)34(32-23(3)13-10-14-24(32)4)33-28-20-19-25-15-5-6-16-26(25)30(28)27-17-7-8-18-29(27)35-33/h2*5-24H,1-4H3;5-20H,1-4H3. The maximum Gasteiger partial charge on any atom is 0.267 e. The van der Waals surface area contributed by atoms with Gasteiger partial charge in [0.15, 0.2) is 0 Å². The molecule has 0 saturated carbocycles. The molecule has 17 aromatic carbocycles. The minimum Gasteiger partial charge on any atom is -0.261 e. The molecule has 0 saturated heterocycles. The van der Waals surface area contributed by atoms with E-state index in [4.69, 9.17) is 15.0 Å². The largest absolute Gasteiger partial charge is 0.267 e. The molecule has 0 amide bonds. The lowest BCUT2D eigenvalue weighted by atomic mass is 9.34. The van der Waals surface area contributed by atoms with Crippen molar-refractivity contribution < 1.29 is 0 Å². The molecule has 117 heavy (non-hydrogen) atoms. The monoisotopic (exact) mass is 1500 g/mol. The van der Waals surface area contributed by atoms with Gasteiger partial charge >= 0.3 is 0 Å². The molecule has 6 heteroatoms. The summed E-state index contributed by atoms with van der Waals surface area (Å²) in [7, 11) is 0. The molecule has 20 aromatic rings. The number of benzene rings is 17. The molecular weight excluding hydrogens is 1410 g/mol. The number of aromatic nitrogens is 3. The number of aryl methyl sites for hydroxylation is 12. The molecule has 3 aromatic heterocycles.